The third-order valence-electron chi connectivity index (χ3n) is 2.49. The maximum absolute atomic E-state index is 11.7. The average Bonchev–Trinajstić information content (AvgIpc) is 2.63. The van der Waals surface area contributed by atoms with Crippen LogP contribution < -0.4 is 11.2 Å². The molecule has 0 aliphatic heterocycles. The van der Waals surface area contributed by atoms with Gasteiger partial charge in [0.2, 0.25) is 0 Å². The molecule has 2 aromatic heterocycles. The van der Waals surface area contributed by atoms with Crippen LogP contribution in [0.1, 0.15) is 22.7 Å². The number of aromatic nitrogens is 2. The molecule has 0 aromatic carbocycles. The SMILES string of the molecule is Cc1ccc(C(C)n2c(=O)cc(Cl)[nH]c2=O)s1. The molecule has 2 aromatic rings. The van der Waals surface area contributed by atoms with Gasteiger partial charge >= 0.3 is 5.69 Å². The Bertz CT molecular complexity index is 625. The minimum atomic E-state index is -0.485. The van der Waals surface area contributed by atoms with Gasteiger partial charge < -0.3 is 0 Å². The number of hydrogen-bond donors (Lipinski definition) is 1. The largest absolute Gasteiger partial charge is 0.330 e. The van der Waals surface area contributed by atoms with Crippen molar-refractivity contribution in [2.45, 2.75) is 19.9 Å². The van der Waals surface area contributed by atoms with E-state index in [0.717, 1.165) is 14.3 Å². The molecule has 0 spiro atoms. The summed E-state index contributed by atoms with van der Waals surface area (Å²) >= 11 is 7.18. The number of halogens is 1. The van der Waals surface area contributed by atoms with Crippen LogP contribution in [-0.4, -0.2) is 9.55 Å². The summed E-state index contributed by atoms with van der Waals surface area (Å²) in [5, 5.41) is 0.0609. The summed E-state index contributed by atoms with van der Waals surface area (Å²) in [4.78, 5) is 28.0. The van der Waals surface area contributed by atoms with Crippen LogP contribution in [0.2, 0.25) is 5.15 Å². The average molecular weight is 271 g/mol. The maximum atomic E-state index is 11.7. The minimum Gasteiger partial charge on any atom is -0.298 e. The molecule has 0 bridgehead atoms. The number of nitrogens with one attached hydrogen (secondary N) is 1. The van der Waals surface area contributed by atoms with Crippen LogP contribution in [0.5, 0.6) is 0 Å². The lowest BCUT2D eigenvalue weighted by atomic mass is 10.2. The van der Waals surface area contributed by atoms with Crippen molar-refractivity contribution < 1.29 is 0 Å². The zero-order chi connectivity index (χ0) is 12.6. The highest BCUT2D eigenvalue weighted by Gasteiger charge is 2.14. The lowest BCUT2D eigenvalue weighted by Gasteiger charge is -2.11. The van der Waals surface area contributed by atoms with Gasteiger partial charge in [0.05, 0.1) is 6.04 Å². The van der Waals surface area contributed by atoms with Crippen LogP contribution in [-0.2, 0) is 0 Å². The van der Waals surface area contributed by atoms with Crippen LogP contribution in [0.15, 0.2) is 27.8 Å². The van der Waals surface area contributed by atoms with E-state index in [1.54, 1.807) is 11.3 Å². The second kappa shape index (κ2) is 4.50. The number of nitrogens with zero attached hydrogens (tertiary/aromatic N) is 1. The Kier molecular flexibility index (Phi) is 3.22. The van der Waals surface area contributed by atoms with Crippen molar-refractivity contribution in [2.75, 3.05) is 0 Å². The molecular formula is C11H11ClN2O2S. The molecule has 2 heterocycles. The van der Waals surface area contributed by atoms with Gasteiger partial charge in [0.1, 0.15) is 5.15 Å². The second-order valence-corrected chi connectivity index (χ2v) is 5.48. The number of H-pyrrole nitrogens is 1. The number of aromatic amines is 1. The van der Waals surface area contributed by atoms with Crippen molar-refractivity contribution in [1.29, 1.82) is 0 Å². The molecule has 1 N–H and O–H groups in total. The molecule has 0 aliphatic carbocycles. The van der Waals surface area contributed by atoms with Crippen LogP contribution in [0, 0.1) is 6.92 Å². The Morgan fingerprint density at radius 3 is 2.65 bits per heavy atom. The molecule has 6 heteroatoms. The minimum absolute atomic E-state index is 0.0609. The van der Waals surface area contributed by atoms with Gasteiger partial charge in [-0.05, 0) is 26.0 Å². The van der Waals surface area contributed by atoms with Gasteiger partial charge in [-0.1, -0.05) is 11.6 Å². The number of thiophene rings is 1. The normalized spacial score (nSPS) is 12.6. The molecule has 1 unspecified atom stereocenters. The van der Waals surface area contributed by atoms with E-state index >= 15 is 0 Å². The van der Waals surface area contributed by atoms with E-state index in [0.29, 0.717) is 0 Å². The molecule has 0 saturated heterocycles. The summed E-state index contributed by atoms with van der Waals surface area (Å²) < 4.78 is 1.16. The van der Waals surface area contributed by atoms with E-state index in [9.17, 15) is 9.59 Å². The molecule has 0 radical (unpaired) electrons. The fraction of sp³-hybridized carbons (Fsp3) is 0.273. The first kappa shape index (κ1) is 12.1. The molecular weight excluding hydrogens is 260 g/mol. The standard InChI is InChI=1S/C11H11ClN2O2S/c1-6-3-4-8(17-6)7(2)14-10(15)5-9(12)13-11(14)16/h3-5,7H,1-2H3,(H,13,16). The van der Waals surface area contributed by atoms with Crippen molar-refractivity contribution in [3.63, 3.8) is 0 Å². The van der Waals surface area contributed by atoms with Crippen molar-refractivity contribution in [1.82, 2.24) is 9.55 Å². The van der Waals surface area contributed by atoms with E-state index < -0.39 is 11.2 Å². The molecule has 4 nitrogen and oxygen atoms in total. The summed E-state index contributed by atoms with van der Waals surface area (Å²) in [7, 11) is 0. The van der Waals surface area contributed by atoms with Crippen LogP contribution in [0.4, 0.5) is 0 Å². The molecule has 1 atom stereocenters. The molecule has 0 fully saturated rings. The molecule has 0 saturated carbocycles. The first-order chi connectivity index (χ1) is 7.99. The van der Waals surface area contributed by atoms with E-state index in [1.807, 2.05) is 26.0 Å². The first-order valence-corrected chi connectivity index (χ1v) is 6.26. The van der Waals surface area contributed by atoms with Crippen LogP contribution in [0.3, 0.4) is 0 Å². The monoisotopic (exact) mass is 270 g/mol. The number of rotatable bonds is 2. The molecule has 90 valence electrons. The third-order valence-corrected chi connectivity index (χ3v) is 3.87. The Morgan fingerprint density at radius 2 is 2.12 bits per heavy atom. The van der Waals surface area contributed by atoms with Crippen molar-refractivity contribution in [2.24, 2.45) is 0 Å². The summed E-state index contributed by atoms with van der Waals surface area (Å²) in [6.07, 6.45) is 0. The molecule has 2 rings (SSSR count). The molecule has 0 aliphatic rings. The Labute approximate surface area is 106 Å². The Hall–Kier alpha value is -1.33. The van der Waals surface area contributed by atoms with Gasteiger partial charge in [-0.2, -0.15) is 0 Å². The summed E-state index contributed by atoms with van der Waals surface area (Å²) in [6, 6.07) is 4.80. The predicted molar refractivity (Wildman–Crippen MR) is 69.2 cm³/mol. The van der Waals surface area contributed by atoms with Gasteiger partial charge in [-0.25, -0.2) is 4.79 Å². The zero-order valence-electron chi connectivity index (χ0n) is 9.36. The first-order valence-electron chi connectivity index (χ1n) is 5.06. The lowest BCUT2D eigenvalue weighted by molar-refractivity contribution is 0.586. The van der Waals surface area contributed by atoms with Crippen molar-refractivity contribution in [3.05, 3.63) is 53.9 Å². The predicted octanol–water partition coefficient (Wildman–Crippen LogP) is 2.17. The smallest absolute Gasteiger partial charge is 0.298 e. The summed E-state index contributed by atoms with van der Waals surface area (Å²) in [5.41, 5.74) is -0.877. The maximum Gasteiger partial charge on any atom is 0.330 e. The van der Waals surface area contributed by atoms with Gasteiger partial charge in [0.15, 0.2) is 0 Å². The van der Waals surface area contributed by atoms with E-state index in [4.69, 9.17) is 11.6 Å². The highest BCUT2D eigenvalue weighted by atomic mass is 35.5. The lowest BCUT2D eigenvalue weighted by Crippen LogP contribution is -2.36. The third kappa shape index (κ3) is 2.35. The van der Waals surface area contributed by atoms with Gasteiger partial charge in [-0.15, -0.1) is 11.3 Å². The Morgan fingerprint density at radius 1 is 1.41 bits per heavy atom. The number of hydrogen-bond acceptors (Lipinski definition) is 3. The topological polar surface area (TPSA) is 54.9 Å². The van der Waals surface area contributed by atoms with E-state index in [1.165, 1.54) is 6.07 Å². The van der Waals surface area contributed by atoms with Crippen LogP contribution in [0.25, 0.3) is 0 Å². The van der Waals surface area contributed by atoms with Crippen LogP contribution >= 0.6 is 22.9 Å². The quantitative estimate of drug-likeness (QED) is 0.851. The van der Waals surface area contributed by atoms with E-state index in [2.05, 4.69) is 4.98 Å². The highest BCUT2D eigenvalue weighted by molar-refractivity contribution is 7.12. The van der Waals surface area contributed by atoms with Gasteiger partial charge in [0.25, 0.3) is 5.56 Å². The fourth-order valence-corrected chi connectivity index (χ4v) is 2.74. The fourth-order valence-electron chi connectivity index (χ4n) is 1.65. The Balaban J connectivity index is 2.55. The number of aryl methyl sites for hydroxylation is 1. The molecule has 0 amide bonds. The van der Waals surface area contributed by atoms with Crippen molar-refractivity contribution >= 4 is 22.9 Å². The highest BCUT2D eigenvalue weighted by Crippen LogP contribution is 2.23. The summed E-state index contributed by atoms with van der Waals surface area (Å²) in [6.45, 7) is 3.80. The van der Waals surface area contributed by atoms with Crippen molar-refractivity contribution in [3.8, 4) is 0 Å². The van der Waals surface area contributed by atoms with E-state index in [-0.39, 0.29) is 11.2 Å². The molecule has 17 heavy (non-hydrogen) atoms. The van der Waals surface area contributed by atoms with Gasteiger partial charge in [-0.3, -0.25) is 14.3 Å². The zero-order valence-corrected chi connectivity index (χ0v) is 10.9. The summed E-state index contributed by atoms with van der Waals surface area (Å²) in [5.74, 6) is 0. The second-order valence-electron chi connectivity index (χ2n) is 3.76. The van der Waals surface area contributed by atoms with Gasteiger partial charge in [0, 0.05) is 15.8 Å².